The molecule has 0 aromatic carbocycles. The van der Waals surface area contributed by atoms with E-state index in [-0.39, 0.29) is 17.7 Å². The van der Waals surface area contributed by atoms with Crippen LogP contribution in [0.5, 0.6) is 0 Å². The van der Waals surface area contributed by atoms with Gasteiger partial charge in [-0.3, -0.25) is 0 Å². The second-order valence-electron chi connectivity index (χ2n) is 2.54. The summed E-state index contributed by atoms with van der Waals surface area (Å²) in [5.41, 5.74) is 4.19. The number of aromatic nitrogens is 1. The zero-order valence-corrected chi connectivity index (χ0v) is 6.97. The molecule has 1 rings (SSSR count). The minimum atomic E-state index is -2.94. The van der Waals surface area contributed by atoms with Gasteiger partial charge in [-0.25, -0.2) is 13.8 Å². The van der Waals surface area contributed by atoms with E-state index in [9.17, 15) is 13.2 Å². The monoisotopic (exact) mass is 201 g/mol. The molecule has 0 amide bonds. The maximum atomic E-state index is 12.7. The Bertz CT molecular complexity index is 384. The summed E-state index contributed by atoms with van der Waals surface area (Å²) < 4.78 is 37.2. The van der Waals surface area contributed by atoms with Crippen molar-refractivity contribution in [1.29, 1.82) is 5.26 Å². The van der Waals surface area contributed by atoms with Gasteiger partial charge in [0.05, 0.1) is 18.2 Å². The zero-order chi connectivity index (χ0) is 10.7. The van der Waals surface area contributed by atoms with Crippen LogP contribution in [0.4, 0.5) is 18.9 Å². The number of nitrogens with two attached hydrogens (primary N) is 1. The number of hydrogen-bond donors (Lipinski definition) is 1. The van der Waals surface area contributed by atoms with Crippen LogP contribution in [0.1, 0.15) is 17.7 Å². The minimum absolute atomic E-state index is 0.0373. The molecular formula is C8H6F3N3. The summed E-state index contributed by atoms with van der Waals surface area (Å²) in [5.74, 6) is -1.06. The quantitative estimate of drug-likeness (QED) is 0.742. The first-order valence-electron chi connectivity index (χ1n) is 3.66. The summed E-state index contributed by atoms with van der Waals surface area (Å²) >= 11 is 0. The predicted molar refractivity (Wildman–Crippen MR) is 42.9 cm³/mol. The highest BCUT2D eigenvalue weighted by Gasteiger charge is 2.17. The van der Waals surface area contributed by atoms with E-state index in [4.69, 9.17) is 11.0 Å². The van der Waals surface area contributed by atoms with Crippen molar-refractivity contribution in [2.75, 3.05) is 5.73 Å². The van der Waals surface area contributed by atoms with E-state index in [1.54, 1.807) is 6.07 Å². The van der Waals surface area contributed by atoms with Crippen molar-refractivity contribution in [1.82, 2.24) is 4.98 Å². The van der Waals surface area contributed by atoms with Crippen LogP contribution in [0.3, 0.4) is 0 Å². The fourth-order valence-electron chi connectivity index (χ4n) is 0.991. The molecule has 3 nitrogen and oxygen atoms in total. The number of alkyl halides is 2. The van der Waals surface area contributed by atoms with E-state index < -0.39 is 18.1 Å². The molecule has 74 valence electrons. The topological polar surface area (TPSA) is 62.7 Å². The van der Waals surface area contributed by atoms with E-state index in [1.807, 2.05) is 0 Å². The average Bonchev–Trinajstić information content (AvgIpc) is 2.10. The molecule has 2 N–H and O–H groups in total. The highest BCUT2D eigenvalue weighted by molar-refractivity contribution is 5.52. The lowest BCUT2D eigenvalue weighted by atomic mass is 10.1. The van der Waals surface area contributed by atoms with Gasteiger partial charge < -0.3 is 5.73 Å². The van der Waals surface area contributed by atoms with Gasteiger partial charge in [-0.05, 0) is 11.6 Å². The molecule has 0 saturated heterocycles. The summed E-state index contributed by atoms with van der Waals surface area (Å²) in [4.78, 5) is 2.96. The number of pyridine rings is 1. The van der Waals surface area contributed by atoms with Crippen molar-refractivity contribution in [2.24, 2.45) is 0 Å². The molecule has 14 heavy (non-hydrogen) atoms. The van der Waals surface area contributed by atoms with Crippen molar-refractivity contribution >= 4 is 5.69 Å². The standard InChI is InChI=1S/C8H6F3N3/c9-5-3-4(1-2-12)6(13)7(14-5)8(10)11/h3,8H,1,13H2. The summed E-state index contributed by atoms with van der Waals surface area (Å²) in [6.07, 6.45) is -3.16. The molecule has 0 aliphatic rings. The molecule has 0 saturated carbocycles. The molecule has 1 heterocycles. The van der Waals surface area contributed by atoms with Crippen molar-refractivity contribution < 1.29 is 13.2 Å². The first-order valence-corrected chi connectivity index (χ1v) is 3.66. The third-order valence-electron chi connectivity index (χ3n) is 1.62. The number of rotatable bonds is 2. The van der Waals surface area contributed by atoms with Gasteiger partial charge in [0.2, 0.25) is 5.95 Å². The lowest BCUT2D eigenvalue weighted by Crippen LogP contribution is -2.05. The number of nitriles is 1. The maximum absolute atomic E-state index is 12.7. The summed E-state index contributed by atoms with van der Waals surface area (Å²) in [6, 6.07) is 2.58. The van der Waals surface area contributed by atoms with E-state index in [2.05, 4.69) is 4.98 Å². The highest BCUT2D eigenvalue weighted by atomic mass is 19.3. The minimum Gasteiger partial charge on any atom is -0.397 e. The van der Waals surface area contributed by atoms with Crippen LogP contribution >= 0.6 is 0 Å². The molecule has 0 unspecified atom stereocenters. The van der Waals surface area contributed by atoms with E-state index in [0.29, 0.717) is 0 Å². The molecule has 0 radical (unpaired) electrons. The van der Waals surface area contributed by atoms with Gasteiger partial charge in [0, 0.05) is 0 Å². The first kappa shape index (κ1) is 10.3. The first-order chi connectivity index (χ1) is 6.56. The molecule has 0 atom stereocenters. The normalized spacial score (nSPS) is 10.2. The Kier molecular flexibility index (Phi) is 2.92. The van der Waals surface area contributed by atoms with Gasteiger partial charge in [0.25, 0.3) is 6.43 Å². The Hall–Kier alpha value is -1.77. The number of anilines is 1. The summed E-state index contributed by atoms with van der Waals surface area (Å²) in [5, 5.41) is 8.33. The number of halogens is 3. The van der Waals surface area contributed by atoms with Crippen LogP contribution in [-0.2, 0) is 6.42 Å². The van der Waals surface area contributed by atoms with Gasteiger partial charge in [-0.2, -0.15) is 9.65 Å². The Morgan fingerprint density at radius 1 is 1.57 bits per heavy atom. The number of nitrogens with zero attached hydrogens (tertiary/aromatic N) is 2. The number of hydrogen-bond acceptors (Lipinski definition) is 3. The van der Waals surface area contributed by atoms with Crippen LogP contribution in [0, 0.1) is 17.3 Å². The average molecular weight is 201 g/mol. The molecule has 0 aliphatic heterocycles. The largest absolute Gasteiger partial charge is 0.397 e. The second kappa shape index (κ2) is 3.96. The fraction of sp³-hybridized carbons (Fsp3) is 0.250. The molecule has 0 bridgehead atoms. The Morgan fingerprint density at radius 2 is 2.21 bits per heavy atom. The lowest BCUT2D eigenvalue weighted by Gasteiger charge is -2.07. The van der Waals surface area contributed by atoms with Gasteiger partial charge in [0.1, 0.15) is 5.69 Å². The SMILES string of the molecule is N#CCc1cc(F)nc(C(F)F)c1N. The van der Waals surface area contributed by atoms with Gasteiger partial charge in [-0.1, -0.05) is 0 Å². The van der Waals surface area contributed by atoms with Gasteiger partial charge in [0.15, 0.2) is 0 Å². The highest BCUT2D eigenvalue weighted by Crippen LogP contribution is 2.26. The summed E-state index contributed by atoms with van der Waals surface area (Å²) in [6.45, 7) is 0. The smallest absolute Gasteiger partial charge is 0.282 e. The molecule has 1 aromatic rings. The summed E-state index contributed by atoms with van der Waals surface area (Å²) in [7, 11) is 0. The molecule has 6 heteroatoms. The molecule has 1 aromatic heterocycles. The molecule has 0 aliphatic carbocycles. The van der Waals surface area contributed by atoms with E-state index >= 15 is 0 Å². The third-order valence-corrected chi connectivity index (χ3v) is 1.62. The zero-order valence-electron chi connectivity index (χ0n) is 6.97. The Labute approximate surface area is 78.0 Å². The van der Waals surface area contributed by atoms with E-state index in [0.717, 1.165) is 6.07 Å². The molecule has 0 fully saturated rings. The van der Waals surface area contributed by atoms with Crippen molar-refractivity contribution in [3.63, 3.8) is 0 Å². The van der Waals surface area contributed by atoms with Gasteiger partial charge in [-0.15, -0.1) is 0 Å². The predicted octanol–water partition coefficient (Wildman–Crippen LogP) is 1.81. The fourth-order valence-corrected chi connectivity index (χ4v) is 0.991. The van der Waals surface area contributed by atoms with E-state index in [1.165, 1.54) is 0 Å². The van der Waals surface area contributed by atoms with Crippen LogP contribution in [0.25, 0.3) is 0 Å². The molecule has 0 spiro atoms. The lowest BCUT2D eigenvalue weighted by molar-refractivity contribution is 0.145. The van der Waals surface area contributed by atoms with Crippen molar-refractivity contribution in [3.05, 3.63) is 23.3 Å². The van der Waals surface area contributed by atoms with Crippen molar-refractivity contribution in [3.8, 4) is 6.07 Å². The Morgan fingerprint density at radius 3 is 2.71 bits per heavy atom. The number of nitrogen functional groups attached to an aromatic ring is 1. The second-order valence-corrected chi connectivity index (χ2v) is 2.54. The third kappa shape index (κ3) is 1.93. The van der Waals surface area contributed by atoms with Crippen molar-refractivity contribution in [2.45, 2.75) is 12.8 Å². The maximum Gasteiger partial charge on any atom is 0.282 e. The van der Waals surface area contributed by atoms with Gasteiger partial charge >= 0.3 is 0 Å². The van der Waals surface area contributed by atoms with Crippen LogP contribution in [-0.4, -0.2) is 4.98 Å². The Balaban J connectivity index is 3.26. The van der Waals surface area contributed by atoms with Crippen LogP contribution in [0.2, 0.25) is 0 Å². The van der Waals surface area contributed by atoms with Crippen LogP contribution in [0.15, 0.2) is 6.07 Å². The molecular weight excluding hydrogens is 195 g/mol. The van der Waals surface area contributed by atoms with Crippen LogP contribution < -0.4 is 5.73 Å².